The van der Waals surface area contributed by atoms with Gasteiger partial charge in [0.1, 0.15) is 31.1 Å². The summed E-state index contributed by atoms with van der Waals surface area (Å²) in [7, 11) is 2.06. The van der Waals surface area contributed by atoms with Gasteiger partial charge in [0.2, 0.25) is 17.7 Å². The van der Waals surface area contributed by atoms with Gasteiger partial charge in [-0.2, -0.15) is 15.2 Å². The molecule has 486 valence electrons. The normalized spacial score (nSPS) is 20.2. The number of nitrogens with zero attached hydrogens (tertiary/aromatic N) is 9. The predicted molar refractivity (Wildman–Crippen MR) is 340 cm³/mol. The lowest BCUT2D eigenvalue weighted by molar-refractivity contribution is -0.144. The number of piperazine rings is 1. The summed E-state index contributed by atoms with van der Waals surface area (Å²) in [6.45, 7) is 16.3. The smallest absolute Gasteiger partial charge is 0.318 e. The van der Waals surface area contributed by atoms with E-state index in [1.165, 1.54) is 15.7 Å². The molecule has 0 spiro atoms. The summed E-state index contributed by atoms with van der Waals surface area (Å²) in [5.74, 6) is -0.543. The Morgan fingerprint density at radius 3 is 2.17 bits per heavy atom. The molecule has 90 heavy (non-hydrogen) atoms. The molecule has 5 aromatic rings. The van der Waals surface area contributed by atoms with Crippen molar-refractivity contribution >= 4 is 57.4 Å². The molecule has 5 N–H and O–H groups in total. The van der Waals surface area contributed by atoms with Crippen LogP contribution in [0, 0.1) is 23.7 Å². The van der Waals surface area contributed by atoms with E-state index in [2.05, 4.69) is 85.9 Å². The van der Waals surface area contributed by atoms with E-state index in [1.807, 2.05) is 64.4 Å². The second-order valence-corrected chi connectivity index (χ2v) is 25.3. The van der Waals surface area contributed by atoms with Crippen LogP contribution in [-0.4, -0.2) is 220 Å². The number of rotatable bonds is 30. The number of primary amides is 1. The fourth-order valence-corrected chi connectivity index (χ4v) is 12.9. The molecule has 7 atom stereocenters. The molecule has 4 aliphatic rings. The predicted octanol–water partition coefficient (Wildman–Crippen LogP) is 5.03. The van der Waals surface area contributed by atoms with Crippen molar-refractivity contribution in [1.29, 1.82) is 5.26 Å². The number of carbonyl (C=O) groups is 4. The molecule has 3 fully saturated rings. The maximum Gasteiger partial charge on any atom is 0.318 e. The first-order valence-corrected chi connectivity index (χ1v) is 32.1. The van der Waals surface area contributed by atoms with Crippen molar-refractivity contribution in [2.45, 2.75) is 109 Å². The highest BCUT2D eigenvalue weighted by atomic mass is 32.1. The van der Waals surface area contributed by atoms with Gasteiger partial charge in [0.15, 0.2) is 0 Å². The number of aliphatic hydroxyl groups is 1. The molecule has 0 aliphatic carbocycles. The minimum absolute atomic E-state index is 0.00279. The van der Waals surface area contributed by atoms with E-state index in [0.717, 1.165) is 70.4 Å². The first-order valence-electron chi connectivity index (χ1n) is 31.2. The number of aliphatic hydroxyl groups excluding tert-OH is 1. The number of aryl methyl sites for hydroxylation is 1. The van der Waals surface area contributed by atoms with Crippen molar-refractivity contribution in [2.24, 2.45) is 11.1 Å². The topological polar surface area (TPSA) is 282 Å². The average molecular weight is 1260 g/mol. The van der Waals surface area contributed by atoms with Crippen molar-refractivity contribution in [1.82, 2.24) is 40.3 Å². The van der Waals surface area contributed by atoms with Crippen LogP contribution in [0.4, 0.5) is 16.3 Å². The van der Waals surface area contributed by atoms with Gasteiger partial charge in [0.25, 0.3) is 0 Å². The van der Waals surface area contributed by atoms with Crippen LogP contribution in [0.1, 0.15) is 75.5 Å². The lowest BCUT2D eigenvalue weighted by atomic mass is 9.85. The van der Waals surface area contributed by atoms with Crippen LogP contribution in [0.3, 0.4) is 0 Å². The van der Waals surface area contributed by atoms with E-state index in [1.54, 1.807) is 16.2 Å². The number of aromatic nitrogens is 3. The van der Waals surface area contributed by atoms with E-state index in [-0.39, 0.29) is 69.3 Å². The summed E-state index contributed by atoms with van der Waals surface area (Å²) in [4.78, 5) is 78.3. The molecule has 9 rings (SSSR count). The Balaban J connectivity index is 0.613. The molecular weight excluding hydrogens is 1170 g/mol. The maximum atomic E-state index is 14.1. The molecule has 0 bridgehead atoms. The zero-order valence-electron chi connectivity index (χ0n) is 52.7. The summed E-state index contributed by atoms with van der Waals surface area (Å²) in [5.41, 5.74) is 12.8. The van der Waals surface area contributed by atoms with E-state index in [0.29, 0.717) is 91.7 Å². The third-order valence-corrected chi connectivity index (χ3v) is 17.9. The molecule has 25 heteroatoms. The fraction of sp³-hybridized carbons (Fsp3) is 0.569. The van der Waals surface area contributed by atoms with Crippen LogP contribution in [0.25, 0.3) is 21.2 Å². The second kappa shape index (κ2) is 32.2. The molecule has 4 aliphatic heterocycles. The number of fused-ring (bicyclic) bond motifs is 2. The van der Waals surface area contributed by atoms with E-state index in [9.17, 15) is 29.5 Å². The van der Waals surface area contributed by atoms with E-state index in [4.69, 9.17) is 48.9 Å². The number of benzene rings is 3. The number of urea groups is 1. The molecule has 24 nitrogen and oxygen atoms in total. The number of β-amino-alcohol motifs (C(OH)–C–C–N with tert-alkyl or cyclic N) is 1. The number of thiazole rings is 1. The Bertz CT molecular complexity index is 3230. The van der Waals surface area contributed by atoms with E-state index < -0.39 is 41.4 Å². The molecule has 2 aromatic heterocycles. The van der Waals surface area contributed by atoms with Crippen LogP contribution in [0.15, 0.2) is 72.2 Å². The Labute approximate surface area is 531 Å². The minimum Gasteiger partial charge on any atom is -0.462 e. The lowest BCUT2D eigenvalue weighted by Crippen LogP contribution is -2.58. The van der Waals surface area contributed by atoms with Crippen LogP contribution >= 0.6 is 11.3 Å². The van der Waals surface area contributed by atoms with Gasteiger partial charge in [-0.3, -0.25) is 19.3 Å². The number of anilines is 2. The number of ether oxygens (including phenoxy) is 7. The van der Waals surface area contributed by atoms with Crippen LogP contribution in [0.5, 0.6) is 6.01 Å². The van der Waals surface area contributed by atoms with Crippen molar-refractivity contribution in [3.05, 3.63) is 94.8 Å². The summed E-state index contributed by atoms with van der Waals surface area (Å²) in [6, 6.07) is 22.1. The van der Waals surface area contributed by atoms with Gasteiger partial charge < -0.3 is 74.2 Å². The van der Waals surface area contributed by atoms with Crippen LogP contribution in [-0.2, 0) is 55.8 Å². The van der Waals surface area contributed by atoms with E-state index >= 15 is 0 Å². The number of carbonyl (C=O) groups excluding carboxylic acids is 4. The minimum atomic E-state index is -0.982. The largest absolute Gasteiger partial charge is 0.462 e. The van der Waals surface area contributed by atoms with Gasteiger partial charge in [-0.15, -0.1) is 11.3 Å². The molecule has 0 unspecified atom stereocenters. The van der Waals surface area contributed by atoms with Gasteiger partial charge in [-0.05, 0) is 61.7 Å². The number of likely N-dealkylation sites (N-methyl/N-ethyl adjacent to an activating group) is 1. The quantitative estimate of drug-likeness (QED) is 0.0439. The third-order valence-electron chi connectivity index (χ3n) is 16.9. The molecule has 6 heterocycles. The number of nitrogens with two attached hydrogens (primary N) is 1. The standard InChI is InChI=1S/C65H88N12O12S/c1-43(45-14-16-47(17-15-45)58-44(2)68-42-90-58)69-61(80)56-35-50(78)37-77(56)62(81)59(65(3,4)5)71-57(79)41-87-31-30-85-27-26-83-24-25-84-28-29-86-32-33-88-51-34-49(73(6)38-51)40-89-64-70-54-39-74(55-13-9-11-46-10-7-8-12-52(46)55)21-19-53(54)60(72-64)75-22-23-76(63(67)82)48(36-75)18-20-66/h7-17,42-43,48-51,56,59,78H,18-19,21-41H2,1-6H3,(H2,67,82)(H,69,80)(H,71,79)/t43-,48-,49-,50+,51+,56-,59+/m0/s1. The number of nitrogens with one attached hydrogen (secondary N) is 2. The Morgan fingerprint density at radius 2 is 1.49 bits per heavy atom. The van der Waals surface area contributed by atoms with Gasteiger partial charge in [-0.1, -0.05) is 81.4 Å². The van der Waals surface area contributed by atoms with Crippen molar-refractivity contribution in [2.75, 3.05) is 135 Å². The Kier molecular flexibility index (Phi) is 24.1. The summed E-state index contributed by atoms with van der Waals surface area (Å²) in [5, 5.41) is 28.5. The van der Waals surface area contributed by atoms with Crippen LogP contribution in [0.2, 0.25) is 0 Å². The van der Waals surface area contributed by atoms with Gasteiger partial charge >= 0.3 is 12.0 Å². The first-order chi connectivity index (χ1) is 43.4. The monoisotopic (exact) mass is 1260 g/mol. The fourth-order valence-electron chi connectivity index (χ4n) is 12.1. The maximum absolute atomic E-state index is 14.1. The van der Waals surface area contributed by atoms with Gasteiger partial charge in [0.05, 0.1) is 131 Å². The summed E-state index contributed by atoms with van der Waals surface area (Å²) < 4.78 is 40.9. The van der Waals surface area contributed by atoms with Crippen molar-refractivity contribution in [3.63, 3.8) is 0 Å². The average Bonchev–Trinajstić information content (AvgIpc) is 0.979. The molecule has 3 saturated heterocycles. The zero-order chi connectivity index (χ0) is 63.7. The molecule has 0 radical (unpaired) electrons. The molecular formula is C65H88N12O12S. The highest BCUT2D eigenvalue weighted by Crippen LogP contribution is 2.36. The highest BCUT2D eigenvalue weighted by Gasteiger charge is 2.45. The number of nitriles is 1. The second-order valence-electron chi connectivity index (χ2n) is 24.4. The van der Waals surface area contributed by atoms with Crippen molar-refractivity contribution in [3.8, 4) is 22.5 Å². The van der Waals surface area contributed by atoms with Crippen molar-refractivity contribution < 1.29 is 57.4 Å². The summed E-state index contributed by atoms with van der Waals surface area (Å²) >= 11 is 1.57. The third kappa shape index (κ3) is 17.9. The zero-order valence-corrected chi connectivity index (χ0v) is 53.5. The first kappa shape index (κ1) is 67.3. The van der Waals surface area contributed by atoms with Crippen LogP contribution < -0.4 is 30.9 Å². The number of amides is 5. The lowest BCUT2D eigenvalue weighted by Gasteiger charge is -2.41. The number of hydrogen-bond donors (Lipinski definition) is 4. The Hall–Kier alpha value is -7.12. The molecule has 3 aromatic carbocycles. The highest BCUT2D eigenvalue weighted by molar-refractivity contribution is 7.13. The number of likely N-dealkylation sites (tertiary alicyclic amines) is 2. The molecule has 0 saturated carbocycles. The van der Waals surface area contributed by atoms with Gasteiger partial charge in [0, 0.05) is 68.4 Å². The SMILES string of the molecule is Cc1ncsc1-c1ccc([C@H](C)NC(=O)[C@@H]2C[C@@H](O)CN2C(=O)[C@@H](NC(=O)COCCOCCOCCOCCOCCO[C@@H]2C[C@@H](COc3nc4c(c(N5CCN(C(N)=O)[C@@H](CC#N)C5)n3)CCN(c3cccc5ccccc35)C4)N(C)C2)C(C)(C)C)cc1. The Morgan fingerprint density at radius 1 is 0.800 bits per heavy atom. The number of hydrogen-bond acceptors (Lipinski definition) is 20. The summed E-state index contributed by atoms with van der Waals surface area (Å²) in [6.07, 6.45) is 0.846. The van der Waals surface area contributed by atoms with Gasteiger partial charge in [-0.25, -0.2) is 9.78 Å². The molecule has 5 amide bonds.